The van der Waals surface area contributed by atoms with Crippen molar-refractivity contribution in [1.29, 1.82) is 0 Å². The quantitative estimate of drug-likeness (QED) is 0.469. The first-order chi connectivity index (χ1) is 9.91. The molecule has 0 radical (unpaired) electrons. The predicted molar refractivity (Wildman–Crippen MR) is 99.5 cm³/mol. The van der Waals surface area contributed by atoms with Crippen LogP contribution in [-0.2, 0) is 0 Å². The van der Waals surface area contributed by atoms with Gasteiger partial charge in [-0.15, -0.1) is 0 Å². The summed E-state index contributed by atoms with van der Waals surface area (Å²) in [6.45, 7) is 9.03. The van der Waals surface area contributed by atoms with Crippen LogP contribution in [0.15, 0.2) is 46.9 Å². The molecule has 21 heavy (non-hydrogen) atoms. The van der Waals surface area contributed by atoms with Gasteiger partial charge in [-0.25, -0.2) is 0 Å². The lowest BCUT2D eigenvalue weighted by Gasteiger charge is -2.21. The lowest BCUT2D eigenvalue weighted by Crippen LogP contribution is -2.03. The van der Waals surface area contributed by atoms with Crippen LogP contribution in [0.2, 0.25) is 0 Å². The molecule has 0 heterocycles. The summed E-state index contributed by atoms with van der Waals surface area (Å²) in [5.41, 5.74) is 5.48. The molecule has 0 spiro atoms. The van der Waals surface area contributed by atoms with Gasteiger partial charge >= 0.3 is 0 Å². The smallest absolute Gasteiger partial charge is 0.0658 e. The highest BCUT2D eigenvalue weighted by Crippen LogP contribution is 2.39. The number of halogens is 2. The van der Waals surface area contributed by atoms with Gasteiger partial charge in [-0.2, -0.15) is 0 Å². The van der Waals surface area contributed by atoms with Crippen molar-refractivity contribution in [2.75, 3.05) is 0 Å². The van der Waals surface area contributed by atoms with E-state index in [1.165, 1.54) is 22.3 Å². The summed E-state index contributed by atoms with van der Waals surface area (Å²) < 4.78 is 1.15. The number of hydrogen-bond donors (Lipinski definition) is 0. The fourth-order valence-electron chi connectivity index (χ4n) is 2.53. The topological polar surface area (TPSA) is 0 Å². The number of hydrogen-bond acceptors (Lipinski definition) is 0. The minimum atomic E-state index is 0.215. The Balaban J connectivity index is 2.50. The third-order valence-corrected chi connectivity index (χ3v) is 5.56. The molecule has 0 bridgehead atoms. The van der Waals surface area contributed by atoms with Crippen molar-refractivity contribution < 1.29 is 0 Å². The Bertz CT molecular complexity index is 615. The van der Waals surface area contributed by atoms with E-state index in [-0.39, 0.29) is 4.83 Å². The van der Waals surface area contributed by atoms with Crippen LogP contribution < -0.4 is 0 Å². The highest BCUT2D eigenvalue weighted by Gasteiger charge is 2.19. The van der Waals surface area contributed by atoms with Gasteiger partial charge < -0.3 is 0 Å². The highest BCUT2D eigenvalue weighted by molar-refractivity contribution is 9.11. The van der Waals surface area contributed by atoms with Crippen LogP contribution in [0.5, 0.6) is 0 Å². The van der Waals surface area contributed by atoms with Crippen molar-refractivity contribution in [3.8, 4) is 0 Å². The Morgan fingerprint density at radius 1 is 0.762 bits per heavy atom. The summed E-state index contributed by atoms with van der Waals surface area (Å²) in [5.74, 6) is 1.08. The van der Waals surface area contributed by atoms with E-state index in [4.69, 9.17) is 0 Å². The Morgan fingerprint density at radius 2 is 1.43 bits per heavy atom. The second kappa shape index (κ2) is 7.11. The molecule has 2 rings (SSSR count). The Morgan fingerprint density at radius 3 is 2.00 bits per heavy atom. The molecule has 1 atom stereocenters. The van der Waals surface area contributed by atoms with Crippen LogP contribution in [0.1, 0.15) is 66.6 Å². The molecular formula is C19H22Br2. The fraction of sp³-hybridized carbons (Fsp3) is 0.368. The normalized spacial score (nSPS) is 13.0. The molecule has 1 unspecified atom stereocenters. The highest BCUT2D eigenvalue weighted by atomic mass is 79.9. The van der Waals surface area contributed by atoms with Gasteiger partial charge in [-0.05, 0) is 40.2 Å². The molecule has 0 saturated carbocycles. The zero-order valence-electron chi connectivity index (χ0n) is 13.0. The molecule has 112 valence electrons. The van der Waals surface area contributed by atoms with Crippen molar-refractivity contribution in [2.45, 2.75) is 44.4 Å². The first-order valence-electron chi connectivity index (χ1n) is 7.44. The van der Waals surface area contributed by atoms with Crippen LogP contribution >= 0.6 is 31.9 Å². The van der Waals surface area contributed by atoms with E-state index in [0.29, 0.717) is 11.8 Å². The van der Waals surface area contributed by atoms with E-state index < -0.39 is 0 Å². The van der Waals surface area contributed by atoms with E-state index in [1.807, 2.05) is 0 Å². The average molecular weight is 410 g/mol. The largest absolute Gasteiger partial charge is 0.0786 e. The van der Waals surface area contributed by atoms with Crippen LogP contribution in [0, 0.1) is 0 Å². The maximum atomic E-state index is 3.90. The minimum Gasteiger partial charge on any atom is -0.0786 e. The number of benzene rings is 2. The first-order valence-corrected chi connectivity index (χ1v) is 9.15. The standard InChI is InChI=1S/C19H22Br2/c1-12(2)14-9-10-15(17(11-14)13(3)4)19(21)16-7-5-6-8-18(16)20/h5-13,19H,1-4H3. The molecule has 0 aliphatic carbocycles. The van der Waals surface area contributed by atoms with Gasteiger partial charge in [0, 0.05) is 4.47 Å². The van der Waals surface area contributed by atoms with Crippen molar-refractivity contribution in [3.63, 3.8) is 0 Å². The predicted octanol–water partition coefficient (Wildman–Crippen LogP) is 7.18. The van der Waals surface area contributed by atoms with E-state index in [1.54, 1.807) is 0 Å². The van der Waals surface area contributed by atoms with E-state index in [9.17, 15) is 0 Å². The summed E-state index contributed by atoms with van der Waals surface area (Å²) in [4.78, 5) is 0.215. The van der Waals surface area contributed by atoms with Crippen LogP contribution in [0.3, 0.4) is 0 Å². The molecule has 0 N–H and O–H groups in total. The lowest BCUT2D eigenvalue weighted by molar-refractivity contribution is 0.820. The SMILES string of the molecule is CC(C)c1ccc(C(Br)c2ccccc2Br)c(C(C)C)c1. The fourth-order valence-corrected chi connectivity index (χ4v) is 4.17. The van der Waals surface area contributed by atoms with Gasteiger partial charge in [0.25, 0.3) is 0 Å². The van der Waals surface area contributed by atoms with Crippen molar-refractivity contribution in [2.24, 2.45) is 0 Å². The summed E-state index contributed by atoms with van der Waals surface area (Å²) in [5, 5.41) is 0. The first kappa shape index (κ1) is 16.8. The third kappa shape index (κ3) is 3.78. The monoisotopic (exact) mass is 408 g/mol. The molecule has 0 aliphatic heterocycles. The molecule has 0 fully saturated rings. The van der Waals surface area contributed by atoms with Gasteiger partial charge in [0.1, 0.15) is 0 Å². The summed E-state index contributed by atoms with van der Waals surface area (Å²) in [6.07, 6.45) is 0. The Kier molecular flexibility index (Phi) is 5.67. The van der Waals surface area contributed by atoms with Crippen LogP contribution in [0.4, 0.5) is 0 Å². The molecule has 0 aliphatic rings. The van der Waals surface area contributed by atoms with Crippen LogP contribution in [0.25, 0.3) is 0 Å². The van der Waals surface area contributed by atoms with Crippen molar-refractivity contribution >= 4 is 31.9 Å². The van der Waals surface area contributed by atoms with Gasteiger partial charge in [0.15, 0.2) is 0 Å². The maximum absolute atomic E-state index is 3.90. The summed E-state index contributed by atoms with van der Waals surface area (Å²) in [6, 6.07) is 15.3. The molecule has 0 nitrogen and oxygen atoms in total. The second-order valence-electron chi connectivity index (χ2n) is 6.08. The molecule has 2 heteroatoms. The molecule has 0 amide bonds. The van der Waals surface area contributed by atoms with Crippen molar-refractivity contribution in [3.05, 3.63) is 69.2 Å². The van der Waals surface area contributed by atoms with Gasteiger partial charge in [0.2, 0.25) is 0 Å². The molecule has 0 aromatic heterocycles. The van der Waals surface area contributed by atoms with Crippen molar-refractivity contribution in [1.82, 2.24) is 0 Å². The number of rotatable bonds is 4. The third-order valence-electron chi connectivity index (χ3n) is 3.85. The summed E-state index contributed by atoms with van der Waals surface area (Å²) >= 11 is 7.56. The van der Waals surface area contributed by atoms with Gasteiger partial charge in [0.05, 0.1) is 4.83 Å². The molecule has 2 aromatic carbocycles. The van der Waals surface area contributed by atoms with Gasteiger partial charge in [-0.3, -0.25) is 0 Å². The van der Waals surface area contributed by atoms with E-state index in [2.05, 4.69) is 102 Å². The summed E-state index contributed by atoms with van der Waals surface area (Å²) in [7, 11) is 0. The number of alkyl halides is 1. The zero-order valence-corrected chi connectivity index (χ0v) is 16.2. The maximum Gasteiger partial charge on any atom is 0.0658 e. The Labute approximate surface area is 145 Å². The van der Waals surface area contributed by atoms with E-state index in [0.717, 1.165) is 4.47 Å². The minimum absolute atomic E-state index is 0.215. The van der Waals surface area contributed by atoms with E-state index >= 15 is 0 Å². The lowest BCUT2D eigenvalue weighted by atomic mass is 9.89. The Hall–Kier alpha value is -0.600. The molecular weight excluding hydrogens is 388 g/mol. The van der Waals surface area contributed by atoms with Crippen LogP contribution in [-0.4, -0.2) is 0 Å². The average Bonchev–Trinajstić information content (AvgIpc) is 2.46. The molecule has 0 saturated heterocycles. The second-order valence-corrected chi connectivity index (χ2v) is 7.85. The van der Waals surface area contributed by atoms with Gasteiger partial charge in [-0.1, -0.05) is 96.0 Å². The molecule has 2 aromatic rings. The zero-order chi connectivity index (χ0) is 15.6.